The molecule has 0 saturated carbocycles. The molecular weight excluding hydrogens is 495 g/mol. The van der Waals surface area contributed by atoms with Gasteiger partial charge in [-0.05, 0) is 60.2 Å². The molecule has 0 radical (unpaired) electrons. The van der Waals surface area contributed by atoms with Crippen LogP contribution in [0.5, 0.6) is 0 Å². The van der Waals surface area contributed by atoms with E-state index < -0.39 is 45.3 Å². The summed E-state index contributed by atoms with van der Waals surface area (Å²) in [7, 11) is 0. The average Bonchev–Trinajstić information content (AvgIpc) is 3.15. The molecule has 5 nitrogen and oxygen atoms in total. The average molecular weight is 519 g/mol. The summed E-state index contributed by atoms with van der Waals surface area (Å²) in [6.07, 6.45) is 0. The second-order valence-corrected chi connectivity index (χ2v) is 11.1. The Labute approximate surface area is 219 Å². The highest BCUT2D eigenvalue weighted by molar-refractivity contribution is 6.36. The predicted molar refractivity (Wildman–Crippen MR) is 139 cm³/mol. The van der Waals surface area contributed by atoms with E-state index >= 15 is 0 Å². The van der Waals surface area contributed by atoms with Crippen LogP contribution in [-0.4, -0.2) is 28.7 Å². The van der Waals surface area contributed by atoms with E-state index in [4.69, 9.17) is 23.2 Å². The van der Waals surface area contributed by atoms with Crippen LogP contribution >= 0.6 is 23.2 Å². The van der Waals surface area contributed by atoms with Crippen molar-refractivity contribution >= 4 is 46.6 Å². The molecule has 36 heavy (non-hydrogen) atoms. The molecule has 1 fully saturated rings. The lowest BCUT2D eigenvalue weighted by Gasteiger charge is -2.54. The number of imide groups is 1. The molecule has 1 saturated heterocycles. The van der Waals surface area contributed by atoms with Crippen LogP contribution < -0.4 is 5.32 Å². The molecule has 3 amide bonds. The van der Waals surface area contributed by atoms with E-state index in [1.807, 2.05) is 74.5 Å². The van der Waals surface area contributed by atoms with Gasteiger partial charge in [0.05, 0.1) is 11.8 Å². The van der Waals surface area contributed by atoms with Gasteiger partial charge in [0.15, 0.2) is 0 Å². The highest BCUT2D eigenvalue weighted by atomic mass is 35.5. The normalized spacial score (nSPS) is 28.4. The van der Waals surface area contributed by atoms with Gasteiger partial charge < -0.3 is 5.32 Å². The van der Waals surface area contributed by atoms with Gasteiger partial charge >= 0.3 is 0 Å². The Morgan fingerprint density at radius 2 is 1.25 bits per heavy atom. The van der Waals surface area contributed by atoms with E-state index in [1.165, 1.54) is 0 Å². The third-order valence-corrected chi connectivity index (χ3v) is 9.53. The number of carbonyl (C=O) groups excluding carboxylic acids is 3. The fourth-order valence-electron chi connectivity index (χ4n) is 6.31. The van der Waals surface area contributed by atoms with Gasteiger partial charge in [0, 0.05) is 5.69 Å². The van der Waals surface area contributed by atoms with Crippen molar-refractivity contribution in [2.24, 2.45) is 11.8 Å². The maximum absolute atomic E-state index is 14.0. The number of likely N-dealkylation sites (tertiary alicyclic amines) is 1. The first kappa shape index (κ1) is 23.3. The number of hydrogen-bond donors (Lipinski definition) is 1. The molecular formula is C29H24Cl2N2O3. The third-order valence-electron chi connectivity index (χ3n) is 8.25. The van der Waals surface area contributed by atoms with E-state index in [0.29, 0.717) is 5.69 Å². The van der Waals surface area contributed by atoms with Gasteiger partial charge in [-0.3, -0.25) is 19.3 Å². The summed E-state index contributed by atoms with van der Waals surface area (Å²) in [6.45, 7) is 5.44. The highest BCUT2D eigenvalue weighted by Crippen LogP contribution is 2.69. The van der Waals surface area contributed by atoms with Crippen molar-refractivity contribution in [3.8, 4) is 0 Å². The minimum absolute atomic E-state index is 0.446. The first-order valence-electron chi connectivity index (χ1n) is 11.9. The molecule has 3 aromatic rings. The molecule has 3 aromatic carbocycles. The molecule has 0 aromatic heterocycles. The van der Waals surface area contributed by atoms with Crippen LogP contribution in [-0.2, 0) is 24.1 Å². The lowest BCUT2D eigenvalue weighted by molar-refractivity contribution is -0.146. The zero-order chi connectivity index (χ0) is 25.6. The molecule has 0 spiro atoms. The second-order valence-electron chi connectivity index (χ2n) is 9.93. The number of hydrogen-bond acceptors (Lipinski definition) is 3. The van der Waals surface area contributed by atoms with Crippen molar-refractivity contribution in [2.75, 3.05) is 5.32 Å². The van der Waals surface area contributed by atoms with E-state index in [0.717, 1.165) is 38.3 Å². The zero-order valence-electron chi connectivity index (χ0n) is 20.0. The van der Waals surface area contributed by atoms with Crippen molar-refractivity contribution in [1.82, 2.24) is 4.90 Å². The quantitative estimate of drug-likeness (QED) is 0.381. The van der Waals surface area contributed by atoms with Crippen LogP contribution in [0.1, 0.15) is 40.3 Å². The van der Waals surface area contributed by atoms with Gasteiger partial charge in [-0.15, -0.1) is 23.2 Å². The number of aryl methyl sites for hydroxylation is 1. The molecule has 1 heterocycles. The summed E-state index contributed by atoms with van der Waals surface area (Å²) in [5.41, 5.74) is 5.53. The summed E-state index contributed by atoms with van der Waals surface area (Å²) in [4.78, 5) is 39.9. The maximum Gasteiger partial charge on any atom is 0.247 e. The molecule has 3 atom stereocenters. The van der Waals surface area contributed by atoms with E-state index in [1.54, 1.807) is 13.0 Å². The number of rotatable bonds is 3. The van der Waals surface area contributed by atoms with Crippen molar-refractivity contribution in [3.63, 3.8) is 0 Å². The largest absolute Gasteiger partial charge is 0.324 e. The molecule has 0 unspecified atom stereocenters. The van der Waals surface area contributed by atoms with Gasteiger partial charge in [0.25, 0.3) is 0 Å². The van der Waals surface area contributed by atoms with Gasteiger partial charge in [0.2, 0.25) is 17.7 Å². The number of halogens is 2. The van der Waals surface area contributed by atoms with Crippen LogP contribution in [0.3, 0.4) is 0 Å². The van der Waals surface area contributed by atoms with Crippen LogP contribution in [0.15, 0.2) is 66.7 Å². The fourth-order valence-corrected chi connectivity index (χ4v) is 7.41. The Kier molecular flexibility index (Phi) is 4.96. The Hall–Kier alpha value is -3.15. The fraction of sp³-hybridized carbons (Fsp3) is 0.276. The monoisotopic (exact) mass is 518 g/mol. The van der Waals surface area contributed by atoms with Gasteiger partial charge in [0.1, 0.15) is 15.8 Å². The number of alkyl halides is 2. The molecule has 7 heteroatoms. The lowest BCUT2D eigenvalue weighted by Crippen LogP contribution is -2.57. The van der Waals surface area contributed by atoms with Crippen LogP contribution in [0.2, 0.25) is 0 Å². The third kappa shape index (κ3) is 2.70. The van der Waals surface area contributed by atoms with E-state index in [9.17, 15) is 14.4 Å². The molecule has 1 N–H and O–H groups in total. The SMILES string of the molecule is Cc1cccc(NC(=O)[C@H](C)N2C(=O)[C@H]3[C@H](C2=O)C2(Cl)c4ccccc4C3(Cl)c3ccccc32)c1C. The summed E-state index contributed by atoms with van der Waals surface area (Å²) in [5.74, 6) is -3.25. The van der Waals surface area contributed by atoms with Crippen molar-refractivity contribution < 1.29 is 14.4 Å². The minimum atomic E-state index is -1.26. The van der Waals surface area contributed by atoms with Crippen LogP contribution in [0.4, 0.5) is 5.69 Å². The maximum atomic E-state index is 14.0. The topological polar surface area (TPSA) is 66.5 Å². The molecule has 2 bridgehead atoms. The van der Waals surface area contributed by atoms with Crippen LogP contribution in [0.25, 0.3) is 0 Å². The van der Waals surface area contributed by atoms with Crippen molar-refractivity contribution in [1.29, 1.82) is 0 Å². The van der Waals surface area contributed by atoms with E-state index in [-0.39, 0.29) is 0 Å². The number of nitrogens with one attached hydrogen (secondary N) is 1. The Morgan fingerprint density at radius 1 is 0.806 bits per heavy atom. The lowest BCUT2D eigenvalue weighted by atomic mass is 9.54. The predicted octanol–water partition coefficient (Wildman–Crippen LogP) is 5.22. The van der Waals surface area contributed by atoms with Crippen LogP contribution in [0, 0.1) is 25.7 Å². The smallest absolute Gasteiger partial charge is 0.247 e. The van der Waals surface area contributed by atoms with Gasteiger partial charge in [-0.25, -0.2) is 0 Å². The summed E-state index contributed by atoms with van der Waals surface area (Å²) in [5, 5.41) is 2.89. The number of anilines is 1. The number of benzene rings is 3. The van der Waals surface area contributed by atoms with Crippen molar-refractivity contribution in [3.05, 3.63) is 100 Å². The summed E-state index contributed by atoms with van der Waals surface area (Å²) >= 11 is 14.9. The minimum Gasteiger partial charge on any atom is -0.324 e. The highest BCUT2D eigenvalue weighted by Gasteiger charge is 2.73. The van der Waals surface area contributed by atoms with E-state index in [2.05, 4.69) is 5.32 Å². The molecule has 1 aliphatic heterocycles. The first-order chi connectivity index (χ1) is 17.1. The molecule has 4 aliphatic rings. The van der Waals surface area contributed by atoms with Crippen molar-refractivity contribution in [2.45, 2.75) is 36.6 Å². The number of nitrogens with zero attached hydrogens (tertiary/aromatic N) is 1. The summed E-state index contributed by atoms with van der Waals surface area (Å²) in [6, 6.07) is 19.5. The van der Waals surface area contributed by atoms with Gasteiger partial charge in [-0.1, -0.05) is 60.7 Å². The number of carbonyl (C=O) groups is 3. The number of amides is 3. The summed E-state index contributed by atoms with van der Waals surface area (Å²) < 4.78 is 0. The Bertz CT molecular complexity index is 1360. The molecule has 182 valence electrons. The second kappa shape index (κ2) is 7.67. The standard InChI is InChI=1S/C29H24Cl2N2O3/c1-15-9-8-14-22(16(15)2)32-25(34)17(3)33-26(35)23-24(27(33)36)29(31)19-11-5-4-10-18(19)28(23,30)20-12-6-7-13-21(20)29/h4-14,17,23-24H,1-3H3,(H,32,34)/t17-,23+,24+,28?,29?/m0/s1. The zero-order valence-corrected chi connectivity index (χ0v) is 21.5. The molecule has 7 rings (SSSR count). The first-order valence-corrected chi connectivity index (χ1v) is 12.7. The Morgan fingerprint density at radius 3 is 1.69 bits per heavy atom. The Balaban J connectivity index is 1.45. The van der Waals surface area contributed by atoms with Gasteiger partial charge in [-0.2, -0.15) is 0 Å². The molecule has 3 aliphatic carbocycles.